The summed E-state index contributed by atoms with van der Waals surface area (Å²) in [5.41, 5.74) is 0. The molecule has 5 nitrogen and oxygen atoms in total. The van der Waals surface area contributed by atoms with Gasteiger partial charge in [0.25, 0.3) is 0 Å². The zero-order valence-corrected chi connectivity index (χ0v) is 13.2. The first-order chi connectivity index (χ1) is 10.1. The summed E-state index contributed by atoms with van der Waals surface area (Å²) in [4.78, 5) is 13.9. The molecule has 2 atom stereocenters. The Bertz CT molecular complexity index is 317. The van der Waals surface area contributed by atoms with Crippen molar-refractivity contribution in [1.82, 2.24) is 10.2 Å². The number of hydrogen-bond acceptors (Lipinski definition) is 4. The Labute approximate surface area is 128 Å². The van der Waals surface area contributed by atoms with E-state index in [0.717, 1.165) is 32.4 Å². The van der Waals surface area contributed by atoms with E-state index < -0.39 is 0 Å². The number of carbonyl (C=O) groups excluding carboxylic acids is 1. The third-order valence-corrected chi connectivity index (χ3v) is 4.71. The summed E-state index contributed by atoms with van der Waals surface area (Å²) in [6.45, 7) is 5.52. The smallest absolute Gasteiger partial charge is 0.234 e. The van der Waals surface area contributed by atoms with Crippen LogP contribution < -0.4 is 5.32 Å². The second-order valence-electron chi connectivity index (χ2n) is 6.53. The van der Waals surface area contributed by atoms with Crippen LogP contribution in [0.1, 0.15) is 45.4 Å². The van der Waals surface area contributed by atoms with Gasteiger partial charge in [0.05, 0.1) is 25.4 Å². The molecule has 1 amide bonds. The number of rotatable bonds is 6. The first-order valence-electron chi connectivity index (χ1n) is 8.44. The number of hydrogen-bond donors (Lipinski definition) is 2. The van der Waals surface area contributed by atoms with Gasteiger partial charge in [0, 0.05) is 19.6 Å². The summed E-state index contributed by atoms with van der Waals surface area (Å²) in [7, 11) is 0. The first kappa shape index (κ1) is 16.7. The van der Waals surface area contributed by atoms with Gasteiger partial charge in [0.1, 0.15) is 0 Å². The minimum atomic E-state index is -0.185. The number of aliphatic hydroxyl groups is 1. The molecule has 0 aromatic rings. The number of aliphatic hydroxyl groups excluding tert-OH is 1. The van der Waals surface area contributed by atoms with Crippen molar-refractivity contribution < 1.29 is 14.6 Å². The standard InChI is InChI=1S/C16H30N2O3/c1-13-4-2-3-5-15(13)21-11-8-17-16(20)12-18-9-6-14(19)7-10-18/h13-15,19H,2-12H2,1H3,(H,17,20). The lowest BCUT2D eigenvalue weighted by atomic mass is 9.88. The van der Waals surface area contributed by atoms with Crippen LogP contribution in [0.2, 0.25) is 0 Å². The topological polar surface area (TPSA) is 61.8 Å². The van der Waals surface area contributed by atoms with Gasteiger partial charge in [-0.25, -0.2) is 0 Å². The molecule has 1 aliphatic carbocycles. The molecule has 21 heavy (non-hydrogen) atoms. The van der Waals surface area contributed by atoms with Crippen molar-refractivity contribution in [1.29, 1.82) is 0 Å². The zero-order chi connectivity index (χ0) is 15.1. The number of ether oxygens (including phenoxy) is 1. The zero-order valence-electron chi connectivity index (χ0n) is 13.2. The van der Waals surface area contributed by atoms with Gasteiger partial charge >= 0.3 is 0 Å². The van der Waals surface area contributed by atoms with E-state index in [1.54, 1.807) is 0 Å². The molecule has 2 unspecified atom stereocenters. The summed E-state index contributed by atoms with van der Waals surface area (Å²) in [5, 5.41) is 12.4. The van der Waals surface area contributed by atoms with Crippen LogP contribution in [0.4, 0.5) is 0 Å². The highest BCUT2D eigenvalue weighted by atomic mass is 16.5. The highest BCUT2D eigenvalue weighted by Gasteiger charge is 2.22. The van der Waals surface area contributed by atoms with Crippen molar-refractivity contribution in [3.8, 4) is 0 Å². The van der Waals surface area contributed by atoms with Crippen LogP contribution in [-0.2, 0) is 9.53 Å². The summed E-state index contributed by atoms with van der Waals surface area (Å²) >= 11 is 0. The number of likely N-dealkylation sites (tertiary alicyclic amines) is 1. The summed E-state index contributed by atoms with van der Waals surface area (Å²) < 4.78 is 5.89. The van der Waals surface area contributed by atoms with Gasteiger partial charge in [0.2, 0.25) is 5.91 Å². The van der Waals surface area contributed by atoms with Crippen molar-refractivity contribution >= 4 is 5.91 Å². The van der Waals surface area contributed by atoms with Crippen LogP contribution in [0.3, 0.4) is 0 Å². The van der Waals surface area contributed by atoms with E-state index in [9.17, 15) is 9.90 Å². The number of piperidine rings is 1. The predicted octanol–water partition coefficient (Wildman–Crippen LogP) is 1.15. The fourth-order valence-corrected chi connectivity index (χ4v) is 3.27. The molecular formula is C16H30N2O3. The Morgan fingerprint density at radius 2 is 1.95 bits per heavy atom. The van der Waals surface area contributed by atoms with Crippen LogP contribution in [0.25, 0.3) is 0 Å². The maximum atomic E-state index is 11.8. The average Bonchev–Trinajstić information content (AvgIpc) is 2.48. The third-order valence-electron chi connectivity index (χ3n) is 4.71. The number of nitrogens with one attached hydrogen (secondary N) is 1. The summed E-state index contributed by atoms with van der Waals surface area (Å²) in [5.74, 6) is 0.709. The molecular weight excluding hydrogens is 268 g/mol. The van der Waals surface area contributed by atoms with Gasteiger partial charge < -0.3 is 15.2 Å². The van der Waals surface area contributed by atoms with E-state index in [1.807, 2.05) is 0 Å². The van der Waals surface area contributed by atoms with E-state index in [0.29, 0.717) is 31.7 Å². The van der Waals surface area contributed by atoms with Gasteiger partial charge in [-0.15, -0.1) is 0 Å². The molecule has 0 aromatic heterocycles. The second-order valence-corrected chi connectivity index (χ2v) is 6.53. The first-order valence-corrected chi connectivity index (χ1v) is 8.44. The van der Waals surface area contributed by atoms with E-state index in [4.69, 9.17) is 4.74 Å². The van der Waals surface area contributed by atoms with Crippen molar-refractivity contribution in [2.24, 2.45) is 5.92 Å². The molecule has 122 valence electrons. The highest BCUT2D eigenvalue weighted by Crippen LogP contribution is 2.25. The Hall–Kier alpha value is -0.650. The lowest BCUT2D eigenvalue weighted by molar-refractivity contribution is -0.123. The van der Waals surface area contributed by atoms with Crippen LogP contribution in [0, 0.1) is 5.92 Å². The molecule has 2 aliphatic rings. The van der Waals surface area contributed by atoms with E-state index in [2.05, 4.69) is 17.1 Å². The van der Waals surface area contributed by atoms with Crippen LogP contribution in [-0.4, -0.2) is 60.9 Å². The van der Waals surface area contributed by atoms with E-state index >= 15 is 0 Å². The maximum Gasteiger partial charge on any atom is 0.234 e. The SMILES string of the molecule is CC1CCCCC1OCCNC(=O)CN1CCC(O)CC1. The fourth-order valence-electron chi connectivity index (χ4n) is 3.27. The molecule has 2 rings (SSSR count). The minimum Gasteiger partial charge on any atom is -0.393 e. The quantitative estimate of drug-likeness (QED) is 0.722. The Balaban J connectivity index is 1.53. The number of carbonyl (C=O) groups is 1. The lowest BCUT2D eigenvalue weighted by Gasteiger charge is -2.29. The van der Waals surface area contributed by atoms with Crippen LogP contribution >= 0.6 is 0 Å². The molecule has 1 saturated carbocycles. The normalized spacial score (nSPS) is 28.5. The highest BCUT2D eigenvalue weighted by molar-refractivity contribution is 5.77. The monoisotopic (exact) mass is 298 g/mol. The third kappa shape index (κ3) is 5.93. The van der Waals surface area contributed by atoms with E-state index in [1.165, 1.54) is 19.3 Å². The molecule has 5 heteroatoms. The van der Waals surface area contributed by atoms with Crippen molar-refractivity contribution in [3.63, 3.8) is 0 Å². The van der Waals surface area contributed by atoms with Gasteiger partial charge in [-0.2, -0.15) is 0 Å². The van der Waals surface area contributed by atoms with Crippen molar-refractivity contribution in [2.75, 3.05) is 32.8 Å². The summed E-state index contributed by atoms with van der Waals surface area (Å²) in [6, 6.07) is 0. The Morgan fingerprint density at radius 1 is 1.24 bits per heavy atom. The molecule has 1 aliphatic heterocycles. The second kappa shape index (κ2) is 8.71. The lowest BCUT2D eigenvalue weighted by Crippen LogP contribution is -2.43. The van der Waals surface area contributed by atoms with Crippen molar-refractivity contribution in [3.05, 3.63) is 0 Å². The average molecular weight is 298 g/mol. The molecule has 0 radical (unpaired) electrons. The maximum absolute atomic E-state index is 11.8. The van der Waals surface area contributed by atoms with Gasteiger partial charge in [-0.3, -0.25) is 9.69 Å². The minimum absolute atomic E-state index is 0.0617. The van der Waals surface area contributed by atoms with E-state index in [-0.39, 0.29) is 12.0 Å². The molecule has 0 spiro atoms. The van der Waals surface area contributed by atoms with Crippen LogP contribution in [0.5, 0.6) is 0 Å². The van der Waals surface area contributed by atoms with Gasteiger partial charge in [-0.1, -0.05) is 19.8 Å². The molecule has 1 heterocycles. The number of nitrogens with zero attached hydrogens (tertiary/aromatic N) is 1. The van der Waals surface area contributed by atoms with Gasteiger partial charge in [0.15, 0.2) is 0 Å². The Morgan fingerprint density at radius 3 is 2.67 bits per heavy atom. The molecule has 1 saturated heterocycles. The Kier molecular flexibility index (Phi) is 6.93. The van der Waals surface area contributed by atoms with Crippen molar-refractivity contribution in [2.45, 2.75) is 57.7 Å². The molecule has 0 bridgehead atoms. The van der Waals surface area contributed by atoms with Crippen LogP contribution in [0.15, 0.2) is 0 Å². The predicted molar refractivity (Wildman–Crippen MR) is 82.1 cm³/mol. The summed E-state index contributed by atoms with van der Waals surface area (Å²) in [6.07, 6.45) is 6.74. The number of amides is 1. The van der Waals surface area contributed by atoms with Gasteiger partial charge in [-0.05, 0) is 31.6 Å². The largest absolute Gasteiger partial charge is 0.393 e. The molecule has 2 N–H and O–H groups in total. The fraction of sp³-hybridized carbons (Fsp3) is 0.938. The molecule has 0 aromatic carbocycles. The molecule has 2 fully saturated rings.